The summed E-state index contributed by atoms with van der Waals surface area (Å²) >= 11 is 1.35. The maximum absolute atomic E-state index is 12.6. The summed E-state index contributed by atoms with van der Waals surface area (Å²) in [4.78, 5) is 41.1. The second kappa shape index (κ2) is 8.14. The zero-order valence-corrected chi connectivity index (χ0v) is 15.4. The minimum absolute atomic E-state index is 0.0320. The summed E-state index contributed by atoms with van der Waals surface area (Å²) in [5.41, 5.74) is 0.881. The van der Waals surface area contributed by atoms with Gasteiger partial charge in [0, 0.05) is 20.1 Å². The molecule has 2 aromatic rings. The van der Waals surface area contributed by atoms with Crippen molar-refractivity contribution >= 4 is 34.7 Å². The highest BCUT2D eigenvalue weighted by Crippen LogP contribution is 2.22. The van der Waals surface area contributed by atoms with Crippen molar-refractivity contribution in [2.24, 2.45) is 0 Å². The molecule has 0 atom stereocenters. The second-order valence-corrected chi connectivity index (χ2v) is 7.08. The molecule has 3 rings (SSSR count). The fourth-order valence-electron chi connectivity index (χ4n) is 2.96. The Hall–Kier alpha value is -2.67. The lowest BCUT2D eigenvalue weighted by atomic mass is 10.1. The zero-order chi connectivity index (χ0) is 18.5. The van der Waals surface area contributed by atoms with Crippen LogP contribution in [0.25, 0.3) is 0 Å². The Morgan fingerprint density at radius 3 is 2.54 bits per heavy atom. The van der Waals surface area contributed by atoms with Gasteiger partial charge in [0.15, 0.2) is 0 Å². The zero-order valence-electron chi connectivity index (χ0n) is 14.6. The van der Waals surface area contributed by atoms with Gasteiger partial charge in [0.1, 0.15) is 0 Å². The van der Waals surface area contributed by atoms with E-state index in [1.165, 1.54) is 16.2 Å². The van der Waals surface area contributed by atoms with E-state index >= 15 is 0 Å². The van der Waals surface area contributed by atoms with Crippen molar-refractivity contribution in [3.8, 4) is 0 Å². The van der Waals surface area contributed by atoms with Crippen LogP contribution < -0.4 is 10.2 Å². The summed E-state index contributed by atoms with van der Waals surface area (Å²) < 4.78 is 0. The van der Waals surface area contributed by atoms with Crippen LogP contribution in [-0.2, 0) is 4.79 Å². The molecule has 0 aliphatic carbocycles. The highest BCUT2D eigenvalue weighted by atomic mass is 32.1. The van der Waals surface area contributed by atoms with Gasteiger partial charge >= 0.3 is 0 Å². The van der Waals surface area contributed by atoms with Crippen molar-refractivity contribution in [2.75, 3.05) is 31.6 Å². The minimum Gasteiger partial charge on any atom is -0.343 e. The normalized spacial score (nSPS) is 13.5. The van der Waals surface area contributed by atoms with Crippen LogP contribution in [0.5, 0.6) is 0 Å². The van der Waals surface area contributed by atoms with Crippen molar-refractivity contribution in [2.45, 2.75) is 12.8 Å². The number of nitrogens with one attached hydrogen (secondary N) is 1. The number of nitrogens with zero attached hydrogens (tertiary/aromatic N) is 2. The molecule has 0 radical (unpaired) electrons. The van der Waals surface area contributed by atoms with Crippen LogP contribution in [0, 0.1) is 0 Å². The molecule has 1 fully saturated rings. The Morgan fingerprint density at radius 1 is 1.12 bits per heavy atom. The minimum atomic E-state index is -0.362. The molecule has 0 unspecified atom stereocenters. The highest BCUT2D eigenvalue weighted by molar-refractivity contribution is 7.12. The SMILES string of the molecule is CN(C(=O)c1cccs1)c1ccccc1C(=O)NCC(=O)N1CCCC1. The monoisotopic (exact) mass is 371 g/mol. The summed E-state index contributed by atoms with van der Waals surface area (Å²) in [5, 5.41) is 4.52. The Kier molecular flexibility index (Phi) is 5.68. The van der Waals surface area contributed by atoms with Gasteiger partial charge in [-0.1, -0.05) is 18.2 Å². The number of likely N-dealkylation sites (tertiary alicyclic amines) is 1. The van der Waals surface area contributed by atoms with Gasteiger partial charge in [-0.2, -0.15) is 0 Å². The Morgan fingerprint density at radius 2 is 1.85 bits per heavy atom. The van der Waals surface area contributed by atoms with E-state index in [0.29, 0.717) is 16.1 Å². The number of carbonyl (C=O) groups excluding carboxylic acids is 3. The molecule has 1 saturated heterocycles. The van der Waals surface area contributed by atoms with Crippen LogP contribution in [0.3, 0.4) is 0 Å². The second-order valence-electron chi connectivity index (χ2n) is 6.13. The molecule has 1 aromatic heterocycles. The van der Waals surface area contributed by atoms with Gasteiger partial charge in [-0.15, -0.1) is 11.3 Å². The standard InChI is InChI=1S/C19H21N3O3S/c1-21(19(25)16-9-6-12-26-16)15-8-3-2-7-14(15)18(24)20-13-17(23)22-10-4-5-11-22/h2-3,6-9,12H,4-5,10-11,13H2,1H3,(H,20,24). The molecule has 1 aliphatic rings. The van der Waals surface area contributed by atoms with Gasteiger partial charge in [0.05, 0.1) is 22.7 Å². The van der Waals surface area contributed by atoms with E-state index in [4.69, 9.17) is 0 Å². The van der Waals surface area contributed by atoms with Crippen LogP contribution in [0.4, 0.5) is 5.69 Å². The van der Waals surface area contributed by atoms with E-state index in [-0.39, 0.29) is 24.3 Å². The topological polar surface area (TPSA) is 69.7 Å². The third-order valence-electron chi connectivity index (χ3n) is 4.41. The number of thiophene rings is 1. The predicted octanol–water partition coefficient (Wildman–Crippen LogP) is 2.38. The van der Waals surface area contributed by atoms with E-state index in [1.54, 1.807) is 42.3 Å². The average molecular weight is 371 g/mol. The molecule has 26 heavy (non-hydrogen) atoms. The smallest absolute Gasteiger partial charge is 0.268 e. The summed E-state index contributed by atoms with van der Waals surface area (Å²) in [6, 6.07) is 10.5. The van der Waals surface area contributed by atoms with Crippen molar-refractivity contribution in [1.82, 2.24) is 10.2 Å². The first-order chi connectivity index (χ1) is 12.6. The van der Waals surface area contributed by atoms with Crippen LogP contribution in [0.15, 0.2) is 41.8 Å². The Bertz CT molecular complexity index is 798. The number of para-hydroxylation sites is 1. The number of benzene rings is 1. The summed E-state index contributed by atoms with van der Waals surface area (Å²) in [7, 11) is 1.64. The average Bonchev–Trinajstić information content (AvgIpc) is 3.38. The molecule has 1 aromatic carbocycles. The molecule has 0 spiro atoms. The number of hydrogen-bond acceptors (Lipinski definition) is 4. The van der Waals surface area contributed by atoms with E-state index < -0.39 is 0 Å². The lowest BCUT2D eigenvalue weighted by Gasteiger charge is -2.20. The lowest BCUT2D eigenvalue weighted by Crippen LogP contribution is -2.39. The third-order valence-corrected chi connectivity index (χ3v) is 5.26. The molecule has 0 bridgehead atoms. The van der Waals surface area contributed by atoms with Gasteiger partial charge in [0.25, 0.3) is 11.8 Å². The maximum Gasteiger partial charge on any atom is 0.268 e. The fraction of sp³-hybridized carbons (Fsp3) is 0.316. The molecule has 3 amide bonds. The van der Waals surface area contributed by atoms with E-state index in [1.807, 2.05) is 11.4 Å². The fourth-order valence-corrected chi connectivity index (χ4v) is 3.66. The Balaban J connectivity index is 1.70. The molecule has 6 nitrogen and oxygen atoms in total. The largest absolute Gasteiger partial charge is 0.343 e. The first-order valence-electron chi connectivity index (χ1n) is 8.54. The van der Waals surface area contributed by atoms with Crippen LogP contribution in [0.1, 0.15) is 32.9 Å². The molecule has 1 N–H and O–H groups in total. The molecule has 7 heteroatoms. The van der Waals surface area contributed by atoms with E-state index in [2.05, 4.69) is 5.32 Å². The molecular weight excluding hydrogens is 350 g/mol. The first kappa shape index (κ1) is 18.1. The number of anilines is 1. The van der Waals surface area contributed by atoms with E-state index in [0.717, 1.165) is 25.9 Å². The van der Waals surface area contributed by atoms with E-state index in [9.17, 15) is 14.4 Å². The van der Waals surface area contributed by atoms with Gasteiger partial charge in [-0.05, 0) is 36.4 Å². The molecule has 0 saturated carbocycles. The van der Waals surface area contributed by atoms with Crippen LogP contribution in [0.2, 0.25) is 0 Å². The number of rotatable bonds is 5. The molecule has 2 heterocycles. The molecular formula is C19H21N3O3S. The Labute approximate surface area is 156 Å². The first-order valence-corrected chi connectivity index (χ1v) is 9.42. The maximum atomic E-state index is 12.6. The van der Waals surface area contributed by atoms with Gasteiger partial charge in [0.2, 0.25) is 5.91 Å². The van der Waals surface area contributed by atoms with Crippen LogP contribution in [-0.4, -0.2) is 49.3 Å². The molecule has 136 valence electrons. The van der Waals surface area contributed by atoms with Gasteiger partial charge < -0.3 is 15.1 Å². The van der Waals surface area contributed by atoms with Gasteiger partial charge in [-0.25, -0.2) is 0 Å². The van der Waals surface area contributed by atoms with Crippen molar-refractivity contribution < 1.29 is 14.4 Å². The quantitative estimate of drug-likeness (QED) is 0.877. The summed E-state index contributed by atoms with van der Waals surface area (Å²) in [5.74, 6) is -0.608. The van der Waals surface area contributed by atoms with Crippen molar-refractivity contribution in [1.29, 1.82) is 0 Å². The predicted molar refractivity (Wildman–Crippen MR) is 102 cm³/mol. The number of amides is 3. The van der Waals surface area contributed by atoms with Crippen LogP contribution >= 0.6 is 11.3 Å². The van der Waals surface area contributed by atoms with Crippen molar-refractivity contribution in [3.05, 3.63) is 52.2 Å². The third kappa shape index (κ3) is 3.94. The summed E-state index contributed by atoms with van der Waals surface area (Å²) in [6.45, 7) is 1.47. The number of hydrogen-bond donors (Lipinski definition) is 1. The van der Waals surface area contributed by atoms with Crippen molar-refractivity contribution in [3.63, 3.8) is 0 Å². The van der Waals surface area contributed by atoms with Gasteiger partial charge in [-0.3, -0.25) is 14.4 Å². The number of carbonyl (C=O) groups is 3. The lowest BCUT2D eigenvalue weighted by molar-refractivity contribution is -0.129. The highest BCUT2D eigenvalue weighted by Gasteiger charge is 2.22. The summed E-state index contributed by atoms with van der Waals surface area (Å²) in [6.07, 6.45) is 2.02. The molecule has 1 aliphatic heterocycles.